The lowest BCUT2D eigenvalue weighted by Gasteiger charge is -2.22. The molecule has 0 unspecified atom stereocenters. The van der Waals surface area contributed by atoms with Crippen molar-refractivity contribution in [3.63, 3.8) is 0 Å². The monoisotopic (exact) mass is 337 g/mol. The molecule has 0 aromatic heterocycles. The summed E-state index contributed by atoms with van der Waals surface area (Å²) in [6.07, 6.45) is 0. The molecule has 0 fully saturated rings. The zero-order valence-corrected chi connectivity index (χ0v) is 14.1. The van der Waals surface area contributed by atoms with Crippen molar-refractivity contribution in [3.05, 3.63) is 102 Å². The molecule has 0 bridgehead atoms. The molecule has 0 aliphatic carbocycles. The third-order valence-electron chi connectivity index (χ3n) is 3.78. The second-order valence-electron chi connectivity index (χ2n) is 5.56. The van der Waals surface area contributed by atoms with Gasteiger partial charge >= 0.3 is 0 Å². The Balaban J connectivity index is 1.95. The Bertz CT molecular complexity index is 822. The van der Waals surface area contributed by atoms with Crippen LogP contribution in [-0.2, 0) is 23.1 Å². The summed E-state index contributed by atoms with van der Waals surface area (Å²) in [6, 6.07) is 27.9. The first-order valence-electron chi connectivity index (χ1n) is 7.79. The molecule has 0 heterocycles. The van der Waals surface area contributed by atoms with Crippen LogP contribution in [0.1, 0.15) is 11.1 Å². The molecule has 24 heavy (non-hydrogen) atoms. The SMILES string of the molecule is O=S(=O)(c1ccccc1)N(Cc1ccccc1)Cc1ccccc1. The molecular formula is C20H19NO2S. The predicted octanol–water partition coefficient (Wildman–Crippen LogP) is 4.08. The van der Waals surface area contributed by atoms with E-state index >= 15 is 0 Å². The second kappa shape index (κ2) is 7.43. The Hall–Kier alpha value is -2.43. The van der Waals surface area contributed by atoms with Gasteiger partial charge in [0, 0.05) is 13.1 Å². The van der Waals surface area contributed by atoms with Gasteiger partial charge in [-0.05, 0) is 23.3 Å². The molecule has 0 radical (unpaired) electrons. The summed E-state index contributed by atoms with van der Waals surface area (Å²) in [5.41, 5.74) is 1.93. The molecule has 3 rings (SSSR count). The van der Waals surface area contributed by atoms with Gasteiger partial charge in [0.2, 0.25) is 10.0 Å². The van der Waals surface area contributed by atoms with Crippen molar-refractivity contribution >= 4 is 10.0 Å². The average Bonchev–Trinajstić information content (AvgIpc) is 2.64. The van der Waals surface area contributed by atoms with Crippen molar-refractivity contribution in [2.75, 3.05) is 0 Å². The smallest absolute Gasteiger partial charge is 0.207 e. The van der Waals surface area contributed by atoms with E-state index in [1.165, 1.54) is 4.31 Å². The molecule has 0 amide bonds. The normalized spacial score (nSPS) is 11.5. The maximum atomic E-state index is 13.1. The minimum Gasteiger partial charge on any atom is -0.207 e. The summed E-state index contributed by atoms with van der Waals surface area (Å²) in [5, 5.41) is 0. The van der Waals surface area contributed by atoms with Gasteiger partial charge in [0.15, 0.2) is 0 Å². The largest absolute Gasteiger partial charge is 0.243 e. The highest BCUT2D eigenvalue weighted by Crippen LogP contribution is 2.20. The van der Waals surface area contributed by atoms with E-state index in [1.807, 2.05) is 66.7 Å². The highest BCUT2D eigenvalue weighted by atomic mass is 32.2. The van der Waals surface area contributed by atoms with E-state index in [0.29, 0.717) is 18.0 Å². The van der Waals surface area contributed by atoms with Crippen LogP contribution in [0.2, 0.25) is 0 Å². The highest BCUT2D eigenvalue weighted by Gasteiger charge is 2.24. The summed E-state index contributed by atoms with van der Waals surface area (Å²) in [5.74, 6) is 0. The van der Waals surface area contributed by atoms with Gasteiger partial charge in [-0.3, -0.25) is 0 Å². The van der Waals surface area contributed by atoms with Gasteiger partial charge < -0.3 is 0 Å². The molecule has 0 saturated heterocycles. The van der Waals surface area contributed by atoms with Crippen LogP contribution < -0.4 is 0 Å². The van der Waals surface area contributed by atoms with Gasteiger partial charge in [0.25, 0.3) is 0 Å². The summed E-state index contributed by atoms with van der Waals surface area (Å²) >= 11 is 0. The van der Waals surface area contributed by atoms with Crippen LogP contribution in [0.4, 0.5) is 0 Å². The first-order chi connectivity index (χ1) is 11.7. The Morgan fingerprint density at radius 2 is 0.958 bits per heavy atom. The summed E-state index contributed by atoms with van der Waals surface area (Å²) < 4.78 is 27.7. The van der Waals surface area contributed by atoms with Crippen LogP contribution in [0.15, 0.2) is 95.9 Å². The first kappa shape index (κ1) is 16.4. The van der Waals surface area contributed by atoms with Crippen LogP contribution in [0.5, 0.6) is 0 Å². The van der Waals surface area contributed by atoms with Gasteiger partial charge in [-0.15, -0.1) is 0 Å². The quantitative estimate of drug-likeness (QED) is 0.680. The van der Waals surface area contributed by atoms with Gasteiger partial charge in [0.1, 0.15) is 0 Å². The van der Waals surface area contributed by atoms with Crippen LogP contribution in [0.3, 0.4) is 0 Å². The number of hydrogen-bond acceptors (Lipinski definition) is 2. The summed E-state index contributed by atoms with van der Waals surface area (Å²) in [4.78, 5) is 0.317. The van der Waals surface area contributed by atoms with Crippen molar-refractivity contribution in [3.8, 4) is 0 Å². The molecule has 3 aromatic rings. The maximum absolute atomic E-state index is 13.1. The lowest BCUT2D eigenvalue weighted by atomic mass is 10.2. The number of nitrogens with zero attached hydrogens (tertiary/aromatic N) is 1. The number of sulfonamides is 1. The number of hydrogen-bond donors (Lipinski definition) is 0. The van der Waals surface area contributed by atoms with Crippen molar-refractivity contribution < 1.29 is 8.42 Å². The average molecular weight is 337 g/mol. The fourth-order valence-corrected chi connectivity index (χ4v) is 3.98. The summed E-state index contributed by atoms with van der Waals surface area (Å²) in [6.45, 7) is 0.680. The van der Waals surface area contributed by atoms with E-state index in [2.05, 4.69) is 0 Å². The molecule has 0 spiro atoms. The molecular weight excluding hydrogens is 318 g/mol. The lowest BCUT2D eigenvalue weighted by Crippen LogP contribution is -2.30. The fraction of sp³-hybridized carbons (Fsp3) is 0.100. The molecule has 3 aromatic carbocycles. The summed E-state index contributed by atoms with van der Waals surface area (Å²) in [7, 11) is -3.56. The molecule has 122 valence electrons. The van der Waals surface area contributed by atoms with Gasteiger partial charge in [0.05, 0.1) is 4.90 Å². The first-order valence-corrected chi connectivity index (χ1v) is 9.23. The van der Waals surface area contributed by atoms with E-state index in [4.69, 9.17) is 0 Å². The molecule has 0 N–H and O–H groups in total. The van der Waals surface area contributed by atoms with Crippen LogP contribution in [-0.4, -0.2) is 12.7 Å². The minimum absolute atomic E-state index is 0.317. The van der Waals surface area contributed by atoms with Crippen molar-refractivity contribution in [2.24, 2.45) is 0 Å². The molecule has 3 nitrogen and oxygen atoms in total. The zero-order valence-electron chi connectivity index (χ0n) is 13.2. The van der Waals surface area contributed by atoms with Crippen LogP contribution in [0, 0.1) is 0 Å². The van der Waals surface area contributed by atoms with E-state index in [0.717, 1.165) is 11.1 Å². The third kappa shape index (κ3) is 3.91. The number of benzene rings is 3. The van der Waals surface area contributed by atoms with E-state index < -0.39 is 10.0 Å². The fourth-order valence-electron chi connectivity index (χ4n) is 2.54. The van der Waals surface area contributed by atoms with Gasteiger partial charge in [-0.25, -0.2) is 8.42 Å². The molecule has 0 aliphatic rings. The highest BCUT2D eigenvalue weighted by molar-refractivity contribution is 7.89. The molecule has 0 saturated carbocycles. The standard InChI is InChI=1S/C20H19NO2S/c22-24(23,20-14-8-3-9-15-20)21(16-18-10-4-1-5-11-18)17-19-12-6-2-7-13-19/h1-15H,16-17H2. The lowest BCUT2D eigenvalue weighted by molar-refractivity contribution is 0.401. The third-order valence-corrected chi connectivity index (χ3v) is 5.59. The van der Waals surface area contributed by atoms with E-state index in [-0.39, 0.29) is 0 Å². The van der Waals surface area contributed by atoms with Crippen molar-refractivity contribution in [1.82, 2.24) is 4.31 Å². The van der Waals surface area contributed by atoms with E-state index in [9.17, 15) is 8.42 Å². The zero-order chi connectivity index (χ0) is 16.8. The maximum Gasteiger partial charge on any atom is 0.243 e. The molecule has 4 heteroatoms. The van der Waals surface area contributed by atoms with Crippen molar-refractivity contribution in [1.29, 1.82) is 0 Å². The van der Waals surface area contributed by atoms with Gasteiger partial charge in [-0.1, -0.05) is 78.9 Å². The van der Waals surface area contributed by atoms with Gasteiger partial charge in [-0.2, -0.15) is 4.31 Å². The molecule has 0 atom stereocenters. The Morgan fingerprint density at radius 3 is 1.38 bits per heavy atom. The second-order valence-corrected chi connectivity index (χ2v) is 7.50. The van der Waals surface area contributed by atoms with E-state index in [1.54, 1.807) is 24.3 Å². The Morgan fingerprint density at radius 1 is 0.583 bits per heavy atom. The van der Waals surface area contributed by atoms with Crippen molar-refractivity contribution in [2.45, 2.75) is 18.0 Å². The predicted molar refractivity (Wildman–Crippen MR) is 95.8 cm³/mol. The topological polar surface area (TPSA) is 37.4 Å². The number of rotatable bonds is 6. The van der Waals surface area contributed by atoms with Crippen LogP contribution >= 0.6 is 0 Å². The Labute approximate surface area is 143 Å². The molecule has 0 aliphatic heterocycles. The van der Waals surface area contributed by atoms with Crippen LogP contribution in [0.25, 0.3) is 0 Å². The minimum atomic E-state index is -3.56. The Kier molecular flexibility index (Phi) is 5.08.